The van der Waals surface area contributed by atoms with Crippen molar-refractivity contribution >= 4 is 0 Å². The molecule has 1 rings (SSSR count). The van der Waals surface area contributed by atoms with Gasteiger partial charge in [-0.15, -0.1) is 0 Å². The lowest BCUT2D eigenvalue weighted by atomic mass is 10.0. The Labute approximate surface area is 98.0 Å². The highest BCUT2D eigenvalue weighted by Crippen LogP contribution is 2.20. The van der Waals surface area contributed by atoms with E-state index in [0.29, 0.717) is 0 Å². The third-order valence-corrected chi connectivity index (χ3v) is 2.77. The lowest BCUT2D eigenvalue weighted by Gasteiger charge is -2.12. The molecule has 0 radical (unpaired) electrons. The normalized spacial score (nSPS) is 12.4. The first-order valence-electron chi connectivity index (χ1n) is 6.02. The molecule has 0 aliphatic carbocycles. The van der Waals surface area contributed by atoms with Gasteiger partial charge < -0.3 is 10.5 Å². The van der Waals surface area contributed by atoms with Crippen molar-refractivity contribution in [2.24, 2.45) is 5.73 Å². The number of aromatic nitrogens is 1. The van der Waals surface area contributed by atoms with Gasteiger partial charge in [-0.3, -0.25) is 4.98 Å². The molecule has 16 heavy (non-hydrogen) atoms. The number of methoxy groups -OCH3 is 1. The molecular weight excluding hydrogens is 200 g/mol. The average Bonchev–Trinajstić information content (AvgIpc) is 2.34. The molecule has 0 aromatic carbocycles. The van der Waals surface area contributed by atoms with Gasteiger partial charge in [0.25, 0.3) is 0 Å². The molecule has 1 atom stereocenters. The van der Waals surface area contributed by atoms with Crippen LogP contribution < -0.4 is 10.5 Å². The number of nitrogens with zero attached hydrogens (tertiary/aromatic N) is 1. The number of ether oxygens (including phenoxy) is 1. The van der Waals surface area contributed by atoms with Crippen molar-refractivity contribution in [3.8, 4) is 5.75 Å². The highest BCUT2D eigenvalue weighted by Gasteiger charge is 2.06. The summed E-state index contributed by atoms with van der Waals surface area (Å²) < 4.78 is 5.13. The van der Waals surface area contributed by atoms with E-state index in [1.54, 1.807) is 13.3 Å². The van der Waals surface area contributed by atoms with E-state index in [2.05, 4.69) is 11.9 Å². The van der Waals surface area contributed by atoms with Crippen molar-refractivity contribution in [1.82, 2.24) is 4.98 Å². The van der Waals surface area contributed by atoms with Crippen LogP contribution in [0.1, 0.15) is 50.6 Å². The summed E-state index contributed by atoms with van der Waals surface area (Å²) in [6.45, 7) is 2.21. The molecule has 1 aromatic heterocycles. The molecule has 3 heteroatoms. The fraction of sp³-hybridized carbons (Fsp3) is 0.615. The number of rotatable bonds is 7. The van der Waals surface area contributed by atoms with Crippen LogP contribution in [0.3, 0.4) is 0 Å². The summed E-state index contributed by atoms with van der Waals surface area (Å²) in [6, 6.07) is 2.05. The minimum atomic E-state index is 0.0828. The summed E-state index contributed by atoms with van der Waals surface area (Å²) in [5.41, 5.74) is 7.17. The van der Waals surface area contributed by atoms with Gasteiger partial charge in [-0.1, -0.05) is 32.6 Å². The molecular formula is C13H22N2O. The zero-order valence-electron chi connectivity index (χ0n) is 10.3. The molecule has 90 valence electrons. The van der Waals surface area contributed by atoms with Crippen LogP contribution in [0, 0.1) is 0 Å². The van der Waals surface area contributed by atoms with Gasteiger partial charge in [-0.25, -0.2) is 0 Å². The monoisotopic (exact) mass is 222 g/mol. The zero-order chi connectivity index (χ0) is 11.8. The maximum absolute atomic E-state index is 6.11. The zero-order valence-corrected chi connectivity index (χ0v) is 10.3. The lowest BCUT2D eigenvalue weighted by Crippen LogP contribution is -2.10. The summed E-state index contributed by atoms with van der Waals surface area (Å²) in [7, 11) is 1.65. The van der Waals surface area contributed by atoms with Crippen LogP contribution >= 0.6 is 0 Å². The first-order chi connectivity index (χ1) is 7.77. The summed E-state index contributed by atoms with van der Waals surface area (Å²) >= 11 is 0. The SMILES string of the molecule is CCCCCCC(N)c1cncc(OC)c1. The number of hydrogen-bond donors (Lipinski definition) is 1. The predicted molar refractivity (Wildman–Crippen MR) is 66.5 cm³/mol. The van der Waals surface area contributed by atoms with Crippen molar-refractivity contribution < 1.29 is 4.74 Å². The van der Waals surface area contributed by atoms with E-state index in [0.717, 1.165) is 17.7 Å². The topological polar surface area (TPSA) is 48.1 Å². The van der Waals surface area contributed by atoms with E-state index < -0.39 is 0 Å². The molecule has 1 aromatic rings. The number of pyridine rings is 1. The van der Waals surface area contributed by atoms with Crippen molar-refractivity contribution in [3.05, 3.63) is 24.0 Å². The van der Waals surface area contributed by atoms with Crippen LogP contribution in [0.4, 0.5) is 0 Å². The Bertz CT molecular complexity index is 302. The minimum Gasteiger partial charge on any atom is -0.495 e. The summed E-state index contributed by atoms with van der Waals surface area (Å²) in [5, 5.41) is 0. The standard InChI is InChI=1S/C13H22N2O/c1-3-4-5-6-7-13(14)11-8-12(16-2)10-15-9-11/h8-10,13H,3-7,14H2,1-2H3. The van der Waals surface area contributed by atoms with Gasteiger partial charge in [-0.2, -0.15) is 0 Å². The van der Waals surface area contributed by atoms with Crippen LogP contribution in [0.5, 0.6) is 5.75 Å². The first-order valence-corrected chi connectivity index (χ1v) is 6.02. The van der Waals surface area contributed by atoms with Crippen LogP contribution in [0.2, 0.25) is 0 Å². The van der Waals surface area contributed by atoms with E-state index >= 15 is 0 Å². The third kappa shape index (κ3) is 4.19. The summed E-state index contributed by atoms with van der Waals surface area (Å²) in [4.78, 5) is 4.12. The fourth-order valence-electron chi connectivity index (χ4n) is 1.71. The van der Waals surface area contributed by atoms with Crippen molar-refractivity contribution in [3.63, 3.8) is 0 Å². The summed E-state index contributed by atoms with van der Waals surface area (Å²) in [5.74, 6) is 0.779. The maximum atomic E-state index is 6.11. The number of nitrogens with two attached hydrogens (primary N) is 1. The molecule has 0 fully saturated rings. The second-order valence-electron chi connectivity index (χ2n) is 4.11. The average molecular weight is 222 g/mol. The molecule has 2 N–H and O–H groups in total. The maximum Gasteiger partial charge on any atom is 0.137 e. The molecule has 1 heterocycles. The second-order valence-corrected chi connectivity index (χ2v) is 4.11. The summed E-state index contributed by atoms with van der Waals surface area (Å²) in [6.07, 6.45) is 9.56. The third-order valence-electron chi connectivity index (χ3n) is 2.77. The Morgan fingerprint density at radius 3 is 2.81 bits per heavy atom. The molecule has 0 spiro atoms. The second kappa shape index (κ2) is 7.23. The molecule has 0 amide bonds. The van der Waals surface area contributed by atoms with Gasteiger partial charge >= 0.3 is 0 Å². The minimum absolute atomic E-state index is 0.0828. The van der Waals surface area contributed by atoms with Gasteiger partial charge in [-0.05, 0) is 18.1 Å². The Hall–Kier alpha value is -1.09. The molecule has 0 aliphatic rings. The van der Waals surface area contributed by atoms with Gasteiger partial charge in [0.05, 0.1) is 13.3 Å². The van der Waals surface area contributed by atoms with Gasteiger partial charge in [0.1, 0.15) is 5.75 Å². The lowest BCUT2D eigenvalue weighted by molar-refractivity contribution is 0.411. The molecule has 0 saturated carbocycles. The molecule has 0 saturated heterocycles. The molecule has 1 unspecified atom stereocenters. The largest absolute Gasteiger partial charge is 0.495 e. The fourth-order valence-corrected chi connectivity index (χ4v) is 1.71. The Morgan fingerprint density at radius 2 is 2.12 bits per heavy atom. The van der Waals surface area contributed by atoms with Crippen molar-refractivity contribution in [1.29, 1.82) is 0 Å². The van der Waals surface area contributed by atoms with E-state index in [4.69, 9.17) is 10.5 Å². The van der Waals surface area contributed by atoms with Crippen LogP contribution in [-0.2, 0) is 0 Å². The van der Waals surface area contributed by atoms with Gasteiger partial charge in [0.15, 0.2) is 0 Å². The van der Waals surface area contributed by atoms with Crippen LogP contribution in [0.25, 0.3) is 0 Å². The Kier molecular flexibility index (Phi) is 5.86. The van der Waals surface area contributed by atoms with Gasteiger partial charge in [0.2, 0.25) is 0 Å². The molecule has 0 bridgehead atoms. The van der Waals surface area contributed by atoms with Gasteiger partial charge in [0, 0.05) is 12.2 Å². The highest BCUT2D eigenvalue weighted by molar-refractivity contribution is 5.25. The van der Waals surface area contributed by atoms with Crippen LogP contribution in [-0.4, -0.2) is 12.1 Å². The molecule has 3 nitrogen and oxygen atoms in total. The van der Waals surface area contributed by atoms with Crippen molar-refractivity contribution in [2.45, 2.75) is 45.1 Å². The van der Waals surface area contributed by atoms with E-state index in [9.17, 15) is 0 Å². The number of hydrogen-bond acceptors (Lipinski definition) is 3. The predicted octanol–water partition coefficient (Wildman–Crippen LogP) is 3.06. The van der Waals surface area contributed by atoms with E-state index in [1.165, 1.54) is 25.7 Å². The Balaban J connectivity index is 2.42. The van der Waals surface area contributed by atoms with Crippen LogP contribution in [0.15, 0.2) is 18.5 Å². The smallest absolute Gasteiger partial charge is 0.137 e. The highest BCUT2D eigenvalue weighted by atomic mass is 16.5. The van der Waals surface area contributed by atoms with Crippen molar-refractivity contribution in [2.75, 3.05) is 7.11 Å². The van der Waals surface area contributed by atoms with E-state index in [-0.39, 0.29) is 6.04 Å². The number of unbranched alkanes of at least 4 members (excludes halogenated alkanes) is 3. The quantitative estimate of drug-likeness (QED) is 0.721. The molecule has 0 aliphatic heterocycles. The van der Waals surface area contributed by atoms with E-state index in [1.807, 2.05) is 12.3 Å². The Morgan fingerprint density at radius 1 is 1.31 bits per heavy atom. The first kappa shape index (κ1) is 13.0.